The molecule has 0 aromatic heterocycles. The number of hydrogen-bond acceptors (Lipinski definition) is 2. The van der Waals surface area contributed by atoms with Gasteiger partial charge in [0.25, 0.3) is 0 Å². The van der Waals surface area contributed by atoms with E-state index in [1.54, 1.807) is 12.1 Å². The normalized spacial score (nSPS) is 20.9. The van der Waals surface area contributed by atoms with Gasteiger partial charge in [-0.2, -0.15) is 0 Å². The number of piperidine rings is 1. The Morgan fingerprint density at radius 3 is 2.39 bits per heavy atom. The van der Waals surface area contributed by atoms with Crippen molar-refractivity contribution < 1.29 is 14.3 Å². The van der Waals surface area contributed by atoms with Crippen LogP contribution in [0.3, 0.4) is 0 Å². The quantitative estimate of drug-likeness (QED) is 0.896. The summed E-state index contributed by atoms with van der Waals surface area (Å²) in [5, 5.41) is 12.4. The lowest BCUT2D eigenvalue weighted by Gasteiger charge is -2.37. The molecule has 23 heavy (non-hydrogen) atoms. The zero-order chi connectivity index (χ0) is 16.2. The fraction of sp³-hybridized carbons (Fsp3) is 0.611. The van der Waals surface area contributed by atoms with Crippen molar-refractivity contribution in [3.05, 3.63) is 35.6 Å². The van der Waals surface area contributed by atoms with Crippen molar-refractivity contribution in [1.29, 1.82) is 0 Å². The fourth-order valence-corrected chi connectivity index (χ4v) is 3.46. The molecule has 1 aliphatic carbocycles. The molecule has 0 spiro atoms. The van der Waals surface area contributed by atoms with Gasteiger partial charge in [-0.15, -0.1) is 0 Å². The molecule has 2 N–H and O–H groups in total. The first-order chi connectivity index (χ1) is 11.2. The van der Waals surface area contributed by atoms with Crippen LogP contribution in [-0.2, 0) is 0 Å². The van der Waals surface area contributed by atoms with Gasteiger partial charge in [0.05, 0.1) is 6.04 Å². The number of nitrogens with one attached hydrogen (secondary N) is 1. The third-order valence-electron chi connectivity index (χ3n) is 5.29. The van der Waals surface area contributed by atoms with Crippen molar-refractivity contribution in [1.82, 2.24) is 10.2 Å². The monoisotopic (exact) mass is 320 g/mol. The zero-order valence-electron chi connectivity index (χ0n) is 13.4. The third-order valence-corrected chi connectivity index (χ3v) is 5.29. The van der Waals surface area contributed by atoms with Gasteiger partial charge < -0.3 is 15.3 Å². The summed E-state index contributed by atoms with van der Waals surface area (Å²) >= 11 is 0. The molecule has 2 aliphatic rings. The maximum atomic E-state index is 13.2. The molecule has 5 heteroatoms. The standard InChI is InChI=1S/C18H25FN2O2/c19-16-6-4-15(5-7-16)17(14-2-1-3-14)20-18(23)21-10-8-13(12-22)9-11-21/h4-7,13-14,17,22H,1-3,8-12H2,(H,20,23)/t17-/m1/s1. The summed E-state index contributed by atoms with van der Waals surface area (Å²) in [4.78, 5) is 14.4. The number of likely N-dealkylation sites (tertiary alicyclic amines) is 1. The molecule has 1 aromatic rings. The molecule has 0 unspecified atom stereocenters. The molecule has 1 saturated carbocycles. The van der Waals surface area contributed by atoms with Gasteiger partial charge in [0.2, 0.25) is 0 Å². The molecule has 2 amide bonds. The van der Waals surface area contributed by atoms with Gasteiger partial charge >= 0.3 is 6.03 Å². The van der Waals surface area contributed by atoms with Crippen LogP contribution in [0.15, 0.2) is 24.3 Å². The van der Waals surface area contributed by atoms with E-state index in [0.29, 0.717) is 24.9 Å². The molecule has 0 radical (unpaired) electrons. The average molecular weight is 320 g/mol. The molecule has 1 saturated heterocycles. The number of carbonyl (C=O) groups is 1. The lowest BCUT2D eigenvalue weighted by Crippen LogP contribution is -2.47. The summed E-state index contributed by atoms with van der Waals surface area (Å²) in [6.07, 6.45) is 5.12. The zero-order valence-corrected chi connectivity index (χ0v) is 13.4. The number of amides is 2. The van der Waals surface area contributed by atoms with Crippen LogP contribution in [0.25, 0.3) is 0 Å². The summed E-state index contributed by atoms with van der Waals surface area (Å²) in [6.45, 7) is 1.59. The summed E-state index contributed by atoms with van der Waals surface area (Å²) in [5.74, 6) is 0.511. The van der Waals surface area contributed by atoms with Crippen LogP contribution < -0.4 is 5.32 Å². The van der Waals surface area contributed by atoms with Crippen molar-refractivity contribution in [3.63, 3.8) is 0 Å². The number of halogens is 1. The molecule has 0 bridgehead atoms. The first-order valence-corrected chi connectivity index (χ1v) is 8.59. The minimum atomic E-state index is -0.251. The Labute approximate surface area is 136 Å². The summed E-state index contributed by atoms with van der Waals surface area (Å²) < 4.78 is 13.2. The summed E-state index contributed by atoms with van der Waals surface area (Å²) in [6, 6.07) is 6.39. The van der Waals surface area contributed by atoms with Crippen LogP contribution in [0, 0.1) is 17.7 Å². The van der Waals surface area contributed by atoms with Gasteiger partial charge in [0, 0.05) is 19.7 Å². The van der Waals surface area contributed by atoms with Crippen molar-refractivity contribution in [2.45, 2.75) is 38.1 Å². The lowest BCUT2D eigenvalue weighted by atomic mass is 9.77. The first-order valence-electron chi connectivity index (χ1n) is 8.59. The molecule has 1 aliphatic heterocycles. The number of benzene rings is 1. The van der Waals surface area contributed by atoms with Gasteiger partial charge in [-0.1, -0.05) is 18.6 Å². The highest BCUT2D eigenvalue weighted by atomic mass is 19.1. The van der Waals surface area contributed by atoms with Crippen LogP contribution in [0.1, 0.15) is 43.7 Å². The number of rotatable bonds is 4. The van der Waals surface area contributed by atoms with E-state index in [-0.39, 0.29) is 24.5 Å². The Bertz CT molecular complexity index is 522. The number of carbonyl (C=O) groups excluding carboxylic acids is 1. The molecular formula is C18H25FN2O2. The van der Waals surface area contributed by atoms with E-state index in [0.717, 1.165) is 31.2 Å². The molecule has 2 fully saturated rings. The van der Waals surface area contributed by atoms with Crippen LogP contribution in [0.2, 0.25) is 0 Å². The number of hydrogen-bond donors (Lipinski definition) is 2. The second-order valence-corrected chi connectivity index (χ2v) is 6.78. The average Bonchev–Trinajstić information content (AvgIpc) is 2.53. The van der Waals surface area contributed by atoms with E-state index >= 15 is 0 Å². The third kappa shape index (κ3) is 3.83. The van der Waals surface area contributed by atoms with Gasteiger partial charge in [0.1, 0.15) is 5.82 Å². The topological polar surface area (TPSA) is 52.6 Å². The van der Waals surface area contributed by atoms with Crippen molar-refractivity contribution in [2.24, 2.45) is 11.8 Å². The predicted octanol–water partition coefficient (Wildman–Crippen LogP) is 3.08. The largest absolute Gasteiger partial charge is 0.396 e. The predicted molar refractivity (Wildman–Crippen MR) is 86.4 cm³/mol. The second-order valence-electron chi connectivity index (χ2n) is 6.78. The lowest BCUT2D eigenvalue weighted by molar-refractivity contribution is 0.130. The highest BCUT2D eigenvalue weighted by Gasteiger charge is 2.31. The van der Waals surface area contributed by atoms with Crippen LogP contribution in [-0.4, -0.2) is 35.7 Å². The van der Waals surface area contributed by atoms with E-state index in [4.69, 9.17) is 0 Å². The van der Waals surface area contributed by atoms with E-state index in [2.05, 4.69) is 5.32 Å². The van der Waals surface area contributed by atoms with Crippen molar-refractivity contribution in [2.75, 3.05) is 19.7 Å². The van der Waals surface area contributed by atoms with Crippen LogP contribution in [0.4, 0.5) is 9.18 Å². The van der Waals surface area contributed by atoms with Gasteiger partial charge in [-0.05, 0) is 55.2 Å². The van der Waals surface area contributed by atoms with Gasteiger partial charge in [-0.3, -0.25) is 0 Å². The summed E-state index contributed by atoms with van der Waals surface area (Å²) in [7, 11) is 0. The maximum absolute atomic E-state index is 13.2. The van der Waals surface area contributed by atoms with Crippen molar-refractivity contribution in [3.8, 4) is 0 Å². The molecule has 1 heterocycles. The van der Waals surface area contributed by atoms with E-state index in [9.17, 15) is 14.3 Å². The van der Waals surface area contributed by atoms with E-state index in [1.165, 1.54) is 18.6 Å². The Morgan fingerprint density at radius 1 is 1.22 bits per heavy atom. The second kappa shape index (κ2) is 7.30. The van der Waals surface area contributed by atoms with Crippen LogP contribution in [0.5, 0.6) is 0 Å². The Kier molecular flexibility index (Phi) is 5.16. The van der Waals surface area contributed by atoms with E-state index < -0.39 is 0 Å². The fourth-order valence-electron chi connectivity index (χ4n) is 3.46. The first kappa shape index (κ1) is 16.2. The van der Waals surface area contributed by atoms with Gasteiger partial charge in [-0.25, -0.2) is 9.18 Å². The Balaban J connectivity index is 1.64. The highest BCUT2D eigenvalue weighted by molar-refractivity contribution is 5.75. The highest BCUT2D eigenvalue weighted by Crippen LogP contribution is 2.38. The minimum Gasteiger partial charge on any atom is -0.396 e. The summed E-state index contributed by atoms with van der Waals surface area (Å²) in [5.41, 5.74) is 0.981. The number of aliphatic hydroxyl groups excluding tert-OH is 1. The SMILES string of the molecule is O=C(N[C@@H](c1ccc(F)cc1)C1CCC1)N1CCC(CO)CC1. The number of aliphatic hydroxyl groups is 1. The molecule has 1 aromatic carbocycles. The number of nitrogens with zero attached hydrogens (tertiary/aromatic N) is 1. The number of urea groups is 1. The van der Waals surface area contributed by atoms with E-state index in [1.807, 2.05) is 4.90 Å². The Morgan fingerprint density at radius 2 is 1.87 bits per heavy atom. The Hall–Kier alpha value is -1.62. The molecule has 126 valence electrons. The maximum Gasteiger partial charge on any atom is 0.317 e. The molecule has 3 rings (SSSR count). The molecule has 4 nitrogen and oxygen atoms in total. The minimum absolute atomic E-state index is 0.0348. The molecular weight excluding hydrogens is 295 g/mol. The van der Waals surface area contributed by atoms with Crippen LogP contribution >= 0.6 is 0 Å². The van der Waals surface area contributed by atoms with Crippen molar-refractivity contribution >= 4 is 6.03 Å². The smallest absolute Gasteiger partial charge is 0.317 e. The molecule has 1 atom stereocenters. The van der Waals surface area contributed by atoms with Gasteiger partial charge in [0.15, 0.2) is 0 Å².